The molecule has 35 heavy (non-hydrogen) atoms. The lowest BCUT2D eigenvalue weighted by molar-refractivity contribution is 0.0278. The van der Waals surface area contributed by atoms with E-state index in [1.807, 2.05) is 12.1 Å². The number of hydrogen-bond donors (Lipinski definition) is 0. The zero-order valence-electron chi connectivity index (χ0n) is 22.6. The van der Waals surface area contributed by atoms with E-state index in [2.05, 4.69) is 57.5 Å². The van der Waals surface area contributed by atoms with Gasteiger partial charge in [0.15, 0.2) is 8.32 Å². The molecule has 7 heteroatoms. The number of nitrogens with zero attached hydrogens (tertiary/aromatic N) is 2. The van der Waals surface area contributed by atoms with Crippen molar-refractivity contribution in [3.05, 3.63) is 42.1 Å². The van der Waals surface area contributed by atoms with Gasteiger partial charge in [0.25, 0.3) is 0 Å². The number of fused-ring (bicyclic) bond motifs is 4. The summed E-state index contributed by atoms with van der Waals surface area (Å²) in [5.74, 6) is 0.800. The smallest absolute Gasteiger partial charge is 0.418 e. The Balaban J connectivity index is 1.79. The van der Waals surface area contributed by atoms with Gasteiger partial charge in [-0.15, -0.1) is 6.58 Å². The van der Waals surface area contributed by atoms with Crippen LogP contribution >= 0.6 is 0 Å². The molecule has 0 saturated carbocycles. The van der Waals surface area contributed by atoms with Crippen molar-refractivity contribution in [3.8, 4) is 5.75 Å². The quantitative estimate of drug-likeness (QED) is 0.365. The molecule has 0 unspecified atom stereocenters. The van der Waals surface area contributed by atoms with E-state index in [0.717, 1.165) is 67.5 Å². The predicted molar refractivity (Wildman–Crippen MR) is 144 cm³/mol. The lowest BCUT2D eigenvalue weighted by atomic mass is 9.82. The van der Waals surface area contributed by atoms with Gasteiger partial charge in [0.2, 0.25) is 0 Å². The van der Waals surface area contributed by atoms with E-state index >= 15 is 0 Å². The Labute approximate surface area is 211 Å². The highest BCUT2D eigenvalue weighted by atomic mass is 28.4. The Morgan fingerprint density at radius 1 is 1.23 bits per heavy atom. The summed E-state index contributed by atoms with van der Waals surface area (Å²) >= 11 is 0. The summed E-state index contributed by atoms with van der Waals surface area (Å²) in [6, 6.07) is 5.94. The number of hydrogen-bond acceptors (Lipinski definition) is 5. The van der Waals surface area contributed by atoms with Crippen molar-refractivity contribution in [1.29, 1.82) is 0 Å². The molecular formula is C28H42N2O4Si. The summed E-state index contributed by atoms with van der Waals surface area (Å²) in [5, 5.41) is 1.23. The molecule has 0 spiro atoms. The summed E-state index contributed by atoms with van der Waals surface area (Å²) in [4.78, 5) is 15.6. The average Bonchev–Trinajstić information content (AvgIpc) is 3.27. The molecule has 1 aromatic heterocycles. The molecule has 4 rings (SSSR count). The van der Waals surface area contributed by atoms with Crippen molar-refractivity contribution in [1.82, 2.24) is 9.47 Å². The molecule has 6 nitrogen and oxygen atoms in total. The molecule has 1 fully saturated rings. The van der Waals surface area contributed by atoms with E-state index in [1.165, 1.54) is 12.7 Å². The topological polar surface area (TPSA) is 52.9 Å². The van der Waals surface area contributed by atoms with E-state index in [-0.39, 0.29) is 22.8 Å². The molecule has 0 bridgehead atoms. The first-order chi connectivity index (χ1) is 16.5. The summed E-state index contributed by atoms with van der Waals surface area (Å²) in [6.45, 7) is 17.7. The third kappa shape index (κ3) is 4.36. The Hall–Kier alpha value is -2.09. The van der Waals surface area contributed by atoms with E-state index < -0.39 is 8.32 Å². The van der Waals surface area contributed by atoms with Gasteiger partial charge >= 0.3 is 6.09 Å². The van der Waals surface area contributed by atoms with Gasteiger partial charge in [-0.25, -0.2) is 9.36 Å². The van der Waals surface area contributed by atoms with Crippen LogP contribution in [-0.4, -0.2) is 62.8 Å². The van der Waals surface area contributed by atoms with E-state index in [0.29, 0.717) is 0 Å². The SMILES string of the molecule is C=CC[C@@]12CCc3c(c4cc(OC)ccc4n3C(=O)OC)CCN1CC[C@@H]2O[Si](C)(C)C(C)(C)C. The molecule has 1 saturated heterocycles. The lowest BCUT2D eigenvalue weighted by Gasteiger charge is -2.47. The van der Waals surface area contributed by atoms with Crippen molar-refractivity contribution in [2.45, 2.75) is 82.7 Å². The van der Waals surface area contributed by atoms with Crippen LogP contribution in [0.3, 0.4) is 0 Å². The zero-order chi connectivity index (χ0) is 25.6. The summed E-state index contributed by atoms with van der Waals surface area (Å²) in [7, 11) is 1.18. The molecule has 2 aliphatic heterocycles. The van der Waals surface area contributed by atoms with Crippen LogP contribution in [0.5, 0.6) is 5.75 Å². The minimum atomic E-state index is -1.95. The number of carbonyl (C=O) groups is 1. The van der Waals surface area contributed by atoms with Gasteiger partial charge < -0.3 is 13.9 Å². The number of rotatable bonds is 5. The number of methoxy groups -OCH3 is 2. The van der Waals surface area contributed by atoms with Crippen molar-refractivity contribution in [2.75, 3.05) is 27.3 Å². The largest absolute Gasteiger partial charge is 0.497 e. The van der Waals surface area contributed by atoms with E-state index in [1.54, 1.807) is 11.7 Å². The molecule has 0 N–H and O–H groups in total. The monoisotopic (exact) mass is 498 g/mol. The molecule has 1 aromatic carbocycles. The highest BCUT2D eigenvalue weighted by molar-refractivity contribution is 6.74. The highest BCUT2D eigenvalue weighted by Crippen LogP contribution is 2.46. The van der Waals surface area contributed by atoms with Crippen molar-refractivity contribution < 1.29 is 18.7 Å². The van der Waals surface area contributed by atoms with Gasteiger partial charge in [-0.2, -0.15) is 0 Å². The first-order valence-corrected chi connectivity index (χ1v) is 15.7. The number of carbonyl (C=O) groups excluding carboxylic acids is 1. The predicted octanol–water partition coefficient (Wildman–Crippen LogP) is 6.16. The van der Waals surface area contributed by atoms with Gasteiger partial charge in [0, 0.05) is 29.7 Å². The summed E-state index contributed by atoms with van der Waals surface area (Å²) in [6.07, 6.45) is 6.37. The van der Waals surface area contributed by atoms with Gasteiger partial charge in [-0.3, -0.25) is 4.90 Å². The Bertz CT molecular complexity index is 1120. The van der Waals surface area contributed by atoms with E-state index in [9.17, 15) is 4.79 Å². The molecule has 0 amide bonds. The number of benzene rings is 1. The molecule has 3 heterocycles. The third-order valence-electron chi connectivity index (χ3n) is 8.80. The number of aromatic nitrogens is 1. The fourth-order valence-corrected chi connectivity index (χ4v) is 7.28. The normalized spacial score (nSPS) is 23.3. The van der Waals surface area contributed by atoms with Gasteiger partial charge in [-0.1, -0.05) is 26.8 Å². The first kappa shape index (κ1) is 26.0. The third-order valence-corrected chi connectivity index (χ3v) is 13.3. The lowest BCUT2D eigenvalue weighted by Crippen LogP contribution is -2.56. The van der Waals surface area contributed by atoms with Crippen molar-refractivity contribution in [3.63, 3.8) is 0 Å². The molecule has 2 aliphatic rings. The highest BCUT2D eigenvalue weighted by Gasteiger charge is 2.52. The minimum absolute atomic E-state index is 0.107. The second kappa shape index (κ2) is 9.41. The average molecular weight is 499 g/mol. The zero-order valence-corrected chi connectivity index (χ0v) is 23.6. The van der Waals surface area contributed by atoms with Crippen LogP contribution in [0.25, 0.3) is 10.9 Å². The molecule has 2 aromatic rings. The Kier molecular flexibility index (Phi) is 6.99. The fraction of sp³-hybridized carbons (Fsp3) is 0.607. The Morgan fingerprint density at radius 3 is 2.60 bits per heavy atom. The Morgan fingerprint density at radius 2 is 1.97 bits per heavy atom. The molecule has 0 aliphatic carbocycles. The van der Waals surface area contributed by atoms with Crippen LogP contribution < -0.4 is 4.74 Å². The maximum atomic E-state index is 13.0. The van der Waals surface area contributed by atoms with Gasteiger partial charge in [-0.05, 0) is 74.0 Å². The van der Waals surface area contributed by atoms with E-state index in [4.69, 9.17) is 13.9 Å². The van der Waals surface area contributed by atoms with Crippen molar-refractivity contribution in [2.24, 2.45) is 0 Å². The standard InChI is InChI=1S/C28H42N2O4Si/c1-9-15-28-16-12-24-21(22-19-20(32-5)10-11-23(22)30(24)26(31)33-6)13-17-29(28)18-14-25(28)34-35(7,8)27(2,3)4/h9-11,19,25H,1,12-18H2,2-8H3/t25-,28-/m0/s1. The van der Waals surface area contributed by atoms with Crippen LogP contribution in [0.4, 0.5) is 4.79 Å². The minimum Gasteiger partial charge on any atom is -0.497 e. The maximum absolute atomic E-state index is 13.0. The second-order valence-electron chi connectivity index (χ2n) is 11.6. The summed E-state index contributed by atoms with van der Waals surface area (Å²) in [5.41, 5.74) is 3.06. The summed E-state index contributed by atoms with van der Waals surface area (Å²) < 4.78 is 19.6. The van der Waals surface area contributed by atoms with Crippen LogP contribution in [0.1, 0.15) is 51.3 Å². The number of ether oxygens (including phenoxy) is 2. The molecule has 192 valence electrons. The molecular weight excluding hydrogens is 456 g/mol. The van der Waals surface area contributed by atoms with Crippen LogP contribution in [-0.2, 0) is 22.0 Å². The van der Waals surface area contributed by atoms with Crippen LogP contribution in [0, 0.1) is 0 Å². The van der Waals surface area contributed by atoms with Crippen molar-refractivity contribution >= 4 is 25.3 Å². The maximum Gasteiger partial charge on any atom is 0.418 e. The van der Waals surface area contributed by atoms with Gasteiger partial charge in [0.1, 0.15) is 5.75 Å². The fourth-order valence-electron chi connectivity index (χ4n) is 5.87. The second-order valence-corrected chi connectivity index (χ2v) is 16.4. The van der Waals surface area contributed by atoms with Gasteiger partial charge in [0.05, 0.1) is 25.8 Å². The molecule has 2 atom stereocenters. The molecule has 0 radical (unpaired) electrons. The van der Waals surface area contributed by atoms with Crippen LogP contribution in [0.2, 0.25) is 18.1 Å². The first-order valence-electron chi connectivity index (χ1n) is 12.8. The van der Waals surface area contributed by atoms with Crippen LogP contribution in [0.15, 0.2) is 30.9 Å².